The maximum atomic E-state index is 6.07. The second-order valence-electron chi connectivity index (χ2n) is 12.9. The fourth-order valence-electron chi connectivity index (χ4n) is 7.62. The van der Waals surface area contributed by atoms with Crippen LogP contribution in [0.25, 0.3) is 76.5 Å². The molecule has 0 saturated heterocycles. The van der Waals surface area contributed by atoms with E-state index in [4.69, 9.17) is 4.42 Å². The number of rotatable bonds is 5. The van der Waals surface area contributed by atoms with Crippen LogP contribution in [0.1, 0.15) is 0 Å². The first-order chi connectivity index (χ1) is 24.8. The number of para-hydroxylation sites is 2. The lowest BCUT2D eigenvalue weighted by Crippen LogP contribution is -2.09. The van der Waals surface area contributed by atoms with Gasteiger partial charge in [0.25, 0.3) is 0 Å². The monoisotopic (exact) mass is 637 g/mol. The summed E-state index contributed by atoms with van der Waals surface area (Å²) in [6.07, 6.45) is 0. The van der Waals surface area contributed by atoms with Crippen molar-refractivity contribution in [3.8, 4) is 22.3 Å². The standard InChI is InChI=1S/C48H31NO/c1-2-10-36(11-3-1)49(38-26-20-33(21-27-38)35-23-29-48-46(31-35)44-16-8-9-17-47(44)50-48)37-24-18-32(19-25-37)34-22-28-43-41-14-5-4-12-39(41)40-13-6-7-15-42(40)45(43)30-34/h1-31H. The predicted molar refractivity (Wildman–Crippen MR) is 212 cm³/mol. The number of anilines is 3. The number of hydrogen-bond acceptors (Lipinski definition) is 2. The van der Waals surface area contributed by atoms with E-state index in [1.165, 1.54) is 54.6 Å². The van der Waals surface area contributed by atoms with Crippen molar-refractivity contribution in [1.82, 2.24) is 0 Å². The Balaban J connectivity index is 1.02. The van der Waals surface area contributed by atoms with Crippen molar-refractivity contribution in [3.05, 3.63) is 188 Å². The molecule has 0 atom stereocenters. The van der Waals surface area contributed by atoms with E-state index in [-0.39, 0.29) is 0 Å². The van der Waals surface area contributed by atoms with Crippen LogP contribution in [0, 0.1) is 0 Å². The van der Waals surface area contributed by atoms with E-state index in [1.807, 2.05) is 12.1 Å². The average Bonchev–Trinajstić information content (AvgIpc) is 3.57. The van der Waals surface area contributed by atoms with E-state index < -0.39 is 0 Å². The Hall–Kier alpha value is -6.64. The second kappa shape index (κ2) is 11.5. The quantitative estimate of drug-likeness (QED) is 0.175. The Morgan fingerprint density at radius 3 is 1.26 bits per heavy atom. The highest BCUT2D eigenvalue weighted by Crippen LogP contribution is 2.40. The third kappa shape index (κ3) is 4.65. The predicted octanol–water partition coefficient (Wildman–Crippen LogP) is 13.8. The third-order valence-electron chi connectivity index (χ3n) is 10.1. The minimum Gasteiger partial charge on any atom is -0.456 e. The summed E-state index contributed by atoms with van der Waals surface area (Å²) in [5.41, 5.74) is 9.90. The number of nitrogens with zero attached hydrogens (tertiary/aromatic N) is 1. The molecule has 9 aromatic carbocycles. The van der Waals surface area contributed by atoms with Gasteiger partial charge in [-0.1, -0.05) is 127 Å². The molecule has 0 aliphatic heterocycles. The van der Waals surface area contributed by atoms with Gasteiger partial charge in [0, 0.05) is 27.8 Å². The first-order valence-electron chi connectivity index (χ1n) is 17.1. The molecule has 10 aromatic rings. The smallest absolute Gasteiger partial charge is 0.135 e. The van der Waals surface area contributed by atoms with Crippen LogP contribution >= 0.6 is 0 Å². The number of fused-ring (bicyclic) bond motifs is 9. The van der Waals surface area contributed by atoms with E-state index >= 15 is 0 Å². The Bertz CT molecular complexity index is 2810. The molecule has 2 nitrogen and oxygen atoms in total. The summed E-state index contributed by atoms with van der Waals surface area (Å²) in [5.74, 6) is 0. The summed E-state index contributed by atoms with van der Waals surface area (Å²) in [7, 11) is 0. The van der Waals surface area contributed by atoms with Crippen LogP contribution < -0.4 is 4.90 Å². The van der Waals surface area contributed by atoms with Crippen LogP contribution in [0.4, 0.5) is 17.1 Å². The topological polar surface area (TPSA) is 16.4 Å². The minimum absolute atomic E-state index is 0.913. The van der Waals surface area contributed by atoms with E-state index in [2.05, 4.69) is 181 Å². The van der Waals surface area contributed by atoms with Crippen molar-refractivity contribution >= 4 is 71.3 Å². The third-order valence-corrected chi connectivity index (χ3v) is 10.1. The van der Waals surface area contributed by atoms with Gasteiger partial charge >= 0.3 is 0 Å². The van der Waals surface area contributed by atoms with Crippen LogP contribution in [0.5, 0.6) is 0 Å². The maximum Gasteiger partial charge on any atom is 0.135 e. The van der Waals surface area contributed by atoms with E-state index in [9.17, 15) is 0 Å². The number of furan rings is 1. The molecule has 1 heterocycles. The van der Waals surface area contributed by atoms with Gasteiger partial charge in [0.15, 0.2) is 0 Å². The molecule has 0 aliphatic rings. The highest BCUT2D eigenvalue weighted by molar-refractivity contribution is 6.25. The molecule has 1 aromatic heterocycles. The van der Waals surface area contributed by atoms with Gasteiger partial charge in [0.1, 0.15) is 11.2 Å². The van der Waals surface area contributed by atoms with Crippen LogP contribution in [0.15, 0.2) is 192 Å². The lowest BCUT2D eigenvalue weighted by atomic mass is 9.92. The van der Waals surface area contributed by atoms with Gasteiger partial charge < -0.3 is 9.32 Å². The zero-order chi connectivity index (χ0) is 33.0. The lowest BCUT2D eigenvalue weighted by Gasteiger charge is -2.26. The summed E-state index contributed by atoms with van der Waals surface area (Å²) in [6, 6.07) is 67.5. The fourth-order valence-corrected chi connectivity index (χ4v) is 7.62. The van der Waals surface area contributed by atoms with Crippen molar-refractivity contribution in [2.75, 3.05) is 4.90 Å². The van der Waals surface area contributed by atoms with Gasteiger partial charge in [-0.3, -0.25) is 0 Å². The molecular formula is C48H31NO. The molecular weight excluding hydrogens is 607 g/mol. The van der Waals surface area contributed by atoms with Crippen LogP contribution in [-0.4, -0.2) is 0 Å². The molecule has 0 radical (unpaired) electrons. The normalized spacial score (nSPS) is 11.6. The van der Waals surface area contributed by atoms with Crippen molar-refractivity contribution in [3.63, 3.8) is 0 Å². The fraction of sp³-hybridized carbons (Fsp3) is 0. The molecule has 0 N–H and O–H groups in total. The second-order valence-corrected chi connectivity index (χ2v) is 12.9. The Morgan fingerprint density at radius 2 is 0.660 bits per heavy atom. The molecule has 0 unspecified atom stereocenters. The van der Waals surface area contributed by atoms with Crippen LogP contribution in [-0.2, 0) is 0 Å². The molecule has 0 spiro atoms. The van der Waals surface area contributed by atoms with Gasteiger partial charge in [0.05, 0.1) is 0 Å². The molecule has 2 heteroatoms. The summed E-state index contributed by atoms with van der Waals surface area (Å²) >= 11 is 0. The highest BCUT2D eigenvalue weighted by Gasteiger charge is 2.15. The molecule has 0 saturated carbocycles. The van der Waals surface area contributed by atoms with Crippen molar-refractivity contribution in [2.24, 2.45) is 0 Å². The summed E-state index contributed by atoms with van der Waals surface area (Å²) in [4.78, 5) is 2.32. The zero-order valence-electron chi connectivity index (χ0n) is 27.3. The summed E-state index contributed by atoms with van der Waals surface area (Å²) in [6.45, 7) is 0. The molecule has 50 heavy (non-hydrogen) atoms. The Labute approximate surface area is 290 Å². The molecule has 0 amide bonds. The van der Waals surface area contributed by atoms with Gasteiger partial charge in [-0.25, -0.2) is 0 Å². The number of benzene rings is 9. The van der Waals surface area contributed by atoms with Crippen LogP contribution in [0.2, 0.25) is 0 Å². The zero-order valence-corrected chi connectivity index (χ0v) is 27.3. The van der Waals surface area contributed by atoms with E-state index in [0.717, 1.165) is 39.0 Å². The number of hydrogen-bond donors (Lipinski definition) is 0. The lowest BCUT2D eigenvalue weighted by molar-refractivity contribution is 0.669. The van der Waals surface area contributed by atoms with Gasteiger partial charge in [-0.2, -0.15) is 0 Å². The first kappa shape index (κ1) is 28.4. The molecule has 0 bridgehead atoms. The van der Waals surface area contributed by atoms with Gasteiger partial charge in [-0.15, -0.1) is 0 Å². The largest absolute Gasteiger partial charge is 0.456 e. The van der Waals surface area contributed by atoms with Crippen molar-refractivity contribution in [1.29, 1.82) is 0 Å². The van der Waals surface area contributed by atoms with Gasteiger partial charge in [-0.05, 0) is 115 Å². The SMILES string of the molecule is c1ccc(N(c2ccc(-c3ccc4oc5ccccc5c4c3)cc2)c2ccc(-c3ccc4c5ccccc5c5ccccc5c4c3)cc2)cc1. The minimum atomic E-state index is 0.913. The van der Waals surface area contributed by atoms with Crippen molar-refractivity contribution in [2.45, 2.75) is 0 Å². The Morgan fingerprint density at radius 1 is 0.260 bits per heavy atom. The molecule has 10 rings (SSSR count). The van der Waals surface area contributed by atoms with Crippen molar-refractivity contribution < 1.29 is 4.42 Å². The summed E-state index contributed by atoms with van der Waals surface area (Å²) in [5, 5.41) is 10.0. The molecule has 0 fully saturated rings. The molecule has 234 valence electrons. The van der Waals surface area contributed by atoms with E-state index in [1.54, 1.807) is 0 Å². The maximum absolute atomic E-state index is 6.07. The Kier molecular flexibility index (Phi) is 6.53. The first-order valence-corrected chi connectivity index (χ1v) is 17.1. The van der Waals surface area contributed by atoms with E-state index in [0.29, 0.717) is 0 Å². The molecule has 0 aliphatic carbocycles. The highest BCUT2D eigenvalue weighted by atomic mass is 16.3. The average molecular weight is 638 g/mol. The van der Waals surface area contributed by atoms with Crippen LogP contribution in [0.3, 0.4) is 0 Å². The summed E-state index contributed by atoms with van der Waals surface area (Å²) < 4.78 is 6.07. The van der Waals surface area contributed by atoms with Gasteiger partial charge in [0.2, 0.25) is 0 Å².